The number of hydrogen-bond donors (Lipinski definition) is 3. The van der Waals surface area contributed by atoms with Gasteiger partial charge in [0.2, 0.25) is 0 Å². The zero-order chi connectivity index (χ0) is 9.71. The topological polar surface area (TPSA) is 87.8 Å². The van der Waals surface area contributed by atoms with Crippen molar-refractivity contribution in [2.75, 3.05) is 5.73 Å². The van der Waals surface area contributed by atoms with Crippen LogP contribution in [0.15, 0.2) is 27.5 Å². The predicted molar refractivity (Wildman–Crippen MR) is 53.1 cm³/mol. The van der Waals surface area contributed by atoms with E-state index in [1.54, 1.807) is 12.3 Å². The third-order valence-electron chi connectivity index (χ3n) is 2.28. The van der Waals surface area contributed by atoms with E-state index in [1.807, 2.05) is 6.07 Å². The zero-order valence-corrected chi connectivity index (χ0v) is 7.13. The van der Waals surface area contributed by atoms with E-state index >= 15 is 0 Å². The van der Waals surface area contributed by atoms with Crippen LogP contribution in [0.5, 0.6) is 0 Å². The monoisotopic (exact) mass is 189 g/mol. The number of nitrogens with one attached hydrogen (secondary N) is 2. The molecule has 0 spiro atoms. The standard InChI is InChI=1S/C9H7N3O2/c10-6-7-4(1-2-11-7)3-5-8(6)12-9(13)14-5/h1-3,11H,10H2,(H,12,13). The number of aromatic nitrogens is 2. The molecule has 2 heterocycles. The maximum absolute atomic E-state index is 11.0. The van der Waals surface area contributed by atoms with Gasteiger partial charge in [0.15, 0.2) is 5.58 Å². The molecule has 4 N–H and O–H groups in total. The number of nitrogens with two attached hydrogens (primary N) is 1. The maximum atomic E-state index is 11.0. The van der Waals surface area contributed by atoms with Crippen molar-refractivity contribution < 1.29 is 4.42 Å². The molecular formula is C9H7N3O2. The van der Waals surface area contributed by atoms with Gasteiger partial charge in [-0.2, -0.15) is 0 Å². The molecule has 0 aliphatic carbocycles. The molecule has 0 atom stereocenters. The Balaban J connectivity index is 2.68. The fraction of sp³-hybridized carbons (Fsp3) is 0. The average molecular weight is 189 g/mol. The number of benzene rings is 1. The highest BCUT2D eigenvalue weighted by molar-refractivity contribution is 6.04. The van der Waals surface area contributed by atoms with Gasteiger partial charge in [-0.3, -0.25) is 4.98 Å². The van der Waals surface area contributed by atoms with E-state index in [0.717, 1.165) is 10.9 Å². The molecule has 1 aromatic carbocycles. The van der Waals surface area contributed by atoms with Gasteiger partial charge in [-0.05, 0) is 12.1 Å². The first-order valence-electron chi connectivity index (χ1n) is 4.14. The molecule has 70 valence electrons. The Morgan fingerprint density at radius 3 is 3.07 bits per heavy atom. The lowest BCUT2D eigenvalue weighted by Crippen LogP contribution is -1.95. The molecule has 0 fully saturated rings. The van der Waals surface area contributed by atoms with Crippen molar-refractivity contribution in [2.45, 2.75) is 0 Å². The van der Waals surface area contributed by atoms with Crippen LogP contribution in [-0.4, -0.2) is 9.97 Å². The van der Waals surface area contributed by atoms with E-state index in [0.29, 0.717) is 16.8 Å². The van der Waals surface area contributed by atoms with Gasteiger partial charge in [0.05, 0.1) is 11.2 Å². The van der Waals surface area contributed by atoms with Gasteiger partial charge >= 0.3 is 5.76 Å². The minimum Gasteiger partial charge on any atom is -0.408 e. The van der Waals surface area contributed by atoms with E-state index in [2.05, 4.69) is 9.97 Å². The summed E-state index contributed by atoms with van der Waals surface area (Å²) < 4.78 is 4.92. The molecule has 0 saturated heterocycles. The largest absolute Gasteiger partial charge is 0.417 e. The Kier molecular flexibility index (Phi) is 1.14. The Morgan fingerprint density at radius 2 is 2.21 bits per heavy atom. The molecule has 0 bridgehead atoms. The second-order valence-corrected chi connectivity index (χ2v) is 3.12. The summed E-state index contributed by atoms with van der Waals surface area (Å²) in [6.45, 7) is 0. The van der Waals surface area contributed by atoms with Crippen molar-refractivity contribution in [3.05, 3.63) is 28.9 Å². The Morgan fingerprint density at radius 1 is 1.36 bits per heavy atom. The van der Waals surface area contributed by atoms with Crippen LogP contribution < -0.4 is 11.5 Å². The fourth-order valence-corrected chi connectivity index (χ4v) is 1.64. The summed E-state index contributed by atoms with van der Waals surface area (Å²) in [6.07, 6.45) is 1.79. The van der Waals surface area contributed by atoms with E-state index in [9.17, 15) is 4.79 Å². The minimum atomic E-state index is -0.487. The highest BCUT2D eigenvalue weighted by Gasteiger charge is 2.09. The van der Waals surface area contributed by atoms with Gasteiger partial charge in [-0.25, -0.2) is 4.79 Å². The fourth-order valence-electron chi connectivity index (χ4n) is 1.64. The Bertz CT molecular complexity index is 674. The second kappa shape index (κ2) is 2.20. The molecule has 3 aromatic rings. The summed E-state index contributed by atoms with van der Waals surface area (Å²) >= 11 is 0. The van der Waals surface area contributed by atoms with Gasteiger partial charge in [-0.1, -0.05) is 0 Å². The number of fused-ring (bicyclic) bond motifs is 2. The van der Waals surface area contributed by atoms with Crippen LogP contribution in [-0.2, 0) is 0 Å². The lowest BCUT2D eigenvalue weighted by Gasteiger charge is -1.96. The number of aromatic amines is 2. The zero-order valence-electron chi connectivity index (χ0n) is 7.13. The highest BCUT2D eigenvalue weighted by atomic mass is 16.4. The van der Waals surface area contributed by atoms with E-state index in [4.69, 9.17) is 10.2 Å². The third kappa shape index (κ3) is 0.756. The minimum absolute atomic E-state index is 0.486. The molecule has 0 aliphatic heterocycles. The van der Waals surface area contributed by atoms with Crippen LogP contribution in [0.25, 0.3) is 22.0 Å². The number of anilines is 1. The summed E-state index contributed by atoms with van der Waals surface area (Å²) in [7, 11) is 0. The maximum Gasteiger partial charge on any atom is 0.417 e. The third-order valence-corrected chi connectivity index (χ3v) is 2.28. The van der Waals surface area contributed by atoms with E-state index in [1.165, 1.54) is 0 Å². The van der Waals surface area contributed by atoms with Crippen LogP contribution in [0.4, 0.5) is 5.69 Å². The van der Waals surface area contributed by atoms with Crippen molar-refractivity contribution in [3.8, 4) is 0 Å². The van der Waals surface area contributed by atoms with Gasteiger partial charge < -0.3 is 15.1 Å². The molecule has 0 saturated carbocycles. The first-order valence-corrected chi connectivity index (χ1v) is 4.14. The van der Waals surface area contributed by atoms with Crippen LogP contribution in [0, 0.1) is 0 Å². The molecule has 0 amide bonds. The predicted octanol–water partition coefficient (Wildman–Crippen LogP) is 1.18. The van der Waals surface area contributed by atoms with Gasteiger partial charge in [0.1, 0.15) is 5.52 Å². The molecule has 14 heavy (non-hydrogen) atoms. The Hall–Kier alpha value is -2.17. The van der Waals surface area contributed by atoms with Gasteiger partial charge in [-0.15, -0.1) is 0 Å². The molecule has 3 rings (SSSR count). The van der Waals surface area contributed by atoms with Gasteiger partial charge in [0, 0.05) is 11.6 Å². The number of rotatable bonds is 0. The molecule has 0 radical (unpaired) electrons. The number of H-pyrrole nitrogens is 2. The summed E-state index contributed by atoms with van der Waals surface area (Å²) in [5.41, 5.74) is 8.21. The van der Waals surface area contributed by atoms with Crippen molar-refractivity contribution in [2.24, 2.45) is 0 Å². The highest BCUT2D eigenvalue weighted by Crippen LogP contribution is 2.27. The van der Waals surface area contributed by atoms with E-state index < -0.39 is 5.76 Å². The Labute approximate surface area is 77.5 Å². The van der Waals surface area contributed by atoms with Crippen LogP contribution >= 0.6 is 0 Å². The van der Waals surface area contributed by atoms with Gasteiger partial charge in [0.25, 0.3) is 0 Å². The molecule has 5 heteroatoms. The SMILES string of the molecule is Nc1c2[nH]ccc2cc2oc(=O)[nH]c12. The van der Waals surface area contributed by atoms with Crippen LogP contribution in [0.2, 0.25) is 0 Å². The number of hydrogen-bond acceptors (Lipinski definition) is 3. The lowest BCUT2D eigenvalue weighted by molar-refractivity contribution is 0.555. The molecule has 2 aromatic heterocycles. The molecule has 0 unspecified atom stereocenters. The summed E-state index contributed by atoms with van der Waals surface area (Å²) in [5.74, 6) is -0.487. The molecule has 0 aliphatic rings. The molecule has 5 nitrogen and oxygen atoms in total. The first kappa shape index (κ1) is 7.25. The van der Waals surface area contributed by atoms with Crippen LogP contribution in [0.3, 0.4) is 0 Å². The van der Waals surface area contributed by atoms with Crippen molar-refractivity contribution >= 4 is 27.7 Å². The van der Waals surface area contributed by atoms with E-state index in [-0.39, 0.29) is 0 Å². The van der Waals surface area contributed by atoms with Crippen molar-refractivity contribution in [3.63, 3.8) is 0 Å². The quantitative estimate of drug-likeness (QED) is 0.464. The number of oxazole rings is 1. The summed E-state index contributed by atoms with van der Waals surface area (Å²) in [6, 6.07) is 3.65. The lowest BCUT2D eigenvalue weighted by atomic mass is 10.2. The average Bonchev–Trinajstić information content (AvgIpc) is 2.71. The summed E-state index contributed by atoms with van der Waals surface area (Å²) in [4.78, 5) is 16.5. The van der Waals surface area contributed by atoms with Crippen molar-refractivity contribution in [1.29, 1.82) is 0 Å². The number of nitrogen functional groups attached to an aromatic ring is 1. The smallest absolute Gasteiger partial charge is 0.408 e. The first-order chi connectivity index (χ1) is 6.75. The second-order valence-electron chi connectivity index (χ2n) is 3.12. The van der Waals surface area contributed by atoms with Crippen molar-refractivity contribution in [1.82, 2.24) is 9.97 Å². The van der Waals surface area contributed by atoms with Crippen LogP contribution in [0.1, 0.15) is 0 Å². The normalized spacial score (nSPS) is 11.4. The summed E-state index contributed by atoms with van der Waals surface area (Å²) in [5, 5.41) is 0.928. The molecular weight excluding hydrogens is 182 g/mol.